The summed E-state index contributed by atoms with van der Waals surface area (Å²) in [5.41, 5.74) is 0. The maximum atomic E-state index is 5.44. The smallest absolute Gasteiger partial charge is 0.0469 e. The van der Waals surface area contributed by atoms with E-state index in [0.29, 0.717) is 6.04 Å². The van der Waals surface area contributed by atoms with Crippen LogP contribution in [0.3, 0.4) is 0 Å². The number of rotatable bonds is 5. The van der Waals surface area contributed by atoms with Gasteiger partial charge in [-0.25, -0.2) is 0 Å². The van der Waals surface area contributed by atoms with Gasteiger partial charge >= 0.3 is 0 Å². The quantitative estimate of drug-likeness (QED) is 0.794. The Morgan fingerprint density at radius 1 is 1.18 bits per heavy atom. The standard InChI is InChI=1S/C14H28N2O/c1-12(2)16(11-14-4-3-7-15-14)10-13-5-8-17-9-6-13/h12-15H,3-11H2,1-2H3. The van der Waals surface area contributed by atoms with E-state index in [-0.39, 0.29) is 0 Å². The van der Waals surface area contributed by atoms with Crippen LogP contribution in [0, 0.1) is 5.92 Å². The van der Waals surface area contributed by atoms with Gasteiger partial charge in [-0.3, -0.25) is 4.90 Å². The Labute approximate surface area is 106 Å². The molecule has 0 spiro atoms. The third-order valence-corrected chi connectivity index (χ3v) is 4.18. The van der Waals surface area contributed by atoms with Crippen LogP contribution in [0.4, 0.5) is 0 Å². The van der Waals surface area contributed by atoms with E-state index in [1.54, 1.807) is 0 Å². The predicted octanol–water partition coefficient (Wildman–Crippen LogP) is 1.88. The van der Waals surface area contributed by atoms with E-state index in [1.807, 2.05) is 0 Å². The Morgan fingerprint density at radius 2 is 1.94 bits per heavy atom. The van der Waals surface area contributed by atoms with Crippen LogP contribution >= 0.6 is 0 Å². The lowest BCUT2D eigenvalue weighted by atomic mass is 9.98. The lowest BCUT2D eigenvalue weighted by Gasteiger charge is -2.34. The minimum absolute atomic E-state index is 0.667. The number of hydrogen-bond acceptors (Lipinski definition) is 3. The first-order chi connectivity index (χ1) is 8.25. The van der Waals surface area contributed by atoms with Crippen LogP contribution in [0.5, 0.6) is 0 Å². The normalized spacial score (nSPS) is 27.2. The molecule has 2 heterocycles. The Balaban J connectivity index is 1.78. The van der Waals surface area contributed by atoms with Gasteiger partial charge in [0.1, 0.15) is 0 Å². The van der Waals surface area contributed by atoms with Gasteiger partial charge in [-0.2, -0.15) is 0 Å². The summed E-state index contributed by atoms with van der Waals surface area (Å²) >= 11 is 0. The average Bonchev–Trinajstić information content (AvgIpc) is 2.82. The molecule has 0 saturated carbocycles. The zero-order chi connectivity index (χ0) is 12.1. The molecule has 0 bridgehead atoms. The lowest BCUT2D eigenvalue weighted by Crippen LogP contribution is -2.44. The van der Waals surface area contributed by atoms with Gasteiger partial charge < -0.3 is 10.1 Å². The SMILES string of the molecule is CC(C)N(CC1CCOCC1)CC1CCCN1. The van der Waals surface area contributed by atoms with Crippen molar-refractivity contribution in [2.24, 2.45) is 5.92 Å². The summed E-state index contributed by atoms with van der Waals surface area (Å²) in [5, 5.41) is 3.61. The van der Waals surface area contributed by atoms with E-state index < -0.39 is 0 Å². The van der Waals surface area contributed by atoms with Crippen molar-refractivity contribution in [3.8, 4) is 0 Å². The first-order valence-electron chi connectivity index (χ1n) is 7.31. The third kappa shape index (κ3) is 4.23. The van der Waals surface area contributed by atoms with Crippen molar-refractivity contribution < 1.29 is 4.74 Å². The molecule has 1 N–H and O–H groups in total. The fourth-order valence-electron chi connectivity index (χ4n) is 2.95. The second-order valence-corrected chi connectivity index (χ2v) is 5.90. The molecule has 0 amide bonds. The van der Waals surface area contributed by atoms with E-state index in [0.717, 1.165) is 25.2 Å². The highest BCUT2D eigenvalue weighted by molar-refractivity contribution is 4.81. The Morgan fingerprint density at radius 3 is 2.53 bits per heavy atom. The summed E-state index contributed by atoms with van der Waals surface area (Å²) in [6.07, 6.45) is 5.22. The summed E-state index contributed by atoms with van der Waals surface area (Å²) in [6, 6.07) is 1.40. The Bertz CT molecular complexity index is 208. The highest BCUT2D eigenvalue weighted by Gasteiger charge is 2.23. The monoisotopic (exact) mass is 240 g/mol. The summed E-state index contributed by atoms with van der Waals surface area (Å²) in [5.74, 6) is 0.854. The fraction of sp³-hybridized carbons (Fsp3) is 1.00. The Hall–Kier alpha value is -0.120. The van der Waals surface area contributed by atoms with Crippen molar-refractivity contribution in [1.82, 2.24) is 10.2 Å². The molecule has 0 aliphatic carbocycles. The van der Waals surface area contributed by atoms with Gasteiger partial charge in [0.15, 0.2) is 0 Å². The predicted molar refractivity (Wildman–Crippen MR) is 71.3 cm³/mol. The van der Waals surface area contributed by atoms with Crippen LogP contribution in [-0.2, 0) is 4.74 Å². The van der Waals surface area contributed by atoms with Gasteiger partial charge in [0.05, 0.1) is 0 Å². The molecule has 2 saturated heterocycles. The minimum atomic E-state index is 0.667. The molecule has 0 aromatic heterocycles. The number of hydrogen-bond donors (Lipinski definition) is 1. The molecule has 0 radical (unpaired) electrons. The highest BCUT2D eigenvalue weighted by Crippen LogP contribution is 2.18. The van der Waals surface area contributed by atoms with Crippen LogP contribution in [0.15, 0.2) is 0 Å². The summed E-state index contributed by atoms with van der Waals surface area (Å²) in [4.78, 5) is 2.67. The maximum Gasteiger partial charge on any atom is 0.0469 e. The molecule has 2 aliphatic rings. The molecule has 17 heavy (non-hydrogen) atoms. The van der Waals surface area contributed by atoms with E-state index >= 15 is 0 Å². The van der Waals surface area contributed by atoms with Gasteiger partial charge in [-0.1, -0.05) is 0 Å². The van der Waals surface area contributed by atoms with E-state index in [4.69, 9.17) is 4.74 Å². The molecule has 2 fully saturated rings. The lowest BCUT2D eigenvalue weighted by molar-refractivity contribution is 0.0463. The summed E-state index contributed by atoms with van der Waals surface area (Å²) in [7, 11) is 0. The van der Waals surface area contributed by atoms with Gasteiger partial charge in [0.25, 0.3) is 0 Å². The van der Waals surface area contributed by atoms with Gasteiger partial charge in [-0.05, 0) is 52.0 Å². The third-order valence-electron chi connectivity index (χ3n) is 4.18. The van der Waals surface area contributed by atoms with Gasteiger partial charge in [0.2, 0.25) is 0 Å². The number of nitrogens with zero attached hydrogens (tertiary/aromatic N) is 1. The Kier molecular flexibility index (Phi) is 5.26. The van der Waals surface area contributed by atoms with Gasteiger partial charge in [0, 0.05) is 38.4 Å². The van der Waals surface area contributed by atoms with Gasteiger partial charge in [-0.15, -0.1) is 0 Å². The van der Waals surface area contributed by atoms with E-state index in [1.165, 1.54) is 45.3 Å². The molecule has 1 unspecified atom stereocenters. The molecule has 100 valence electrons. The van der Waals surface area contributed by atoms with Crippen molar-refractivity contribution in [2.45, 2.75) is 51.6 Å². The van der Waals surface area contributed by atoms with Crippen LogP contribution in [0.1, 0.15) is 39.5 Å². The van der Waals surface area contributed by atoms with Crippen molar-refractivity contribution in [3.05, 3.63) is 0 Å². The van der Waals surface area contributed by atoms with E-state index in [2.05, 4.69) is 24.1 Å². The highest BCUT2D eigenvalue weighted by atomic mass is 16.5. The first-order valence-corrected chi connectivity index (χ1v) is 7.31. The molecule has 2 rings (SSSR count). The van der Waals surface area contributed by atoms with Crippen molar-refractivity contribution in [1.29, 1.82) is 0 Å². The molecular weight excluding hydrogens is 212 g/mol. The maximum absolute atomic E-state index is 5.44. The van der Waals surface area contributed by atoms with Crippen molar-refractivity contribution in [3.63, 3.8) is 0 Å². The topological polar surface area (TPSA) is 24.5 Å². The summed E-state index contributed by atoms with van der Waals surface area (Å²) in [6.45, 7) is 10.3. The molecule has 3 nitrogen and oxygen atoms in total. The molecule has 3 heteroatoms. The zero-order valence-corrected chi connectivity index (χ0v) is 11.5. The zero-order valence-electron chi connectivity index (χ0n) is 11.5. The van der Waals surface area contributed by atoms with Crippen LogP contribution in [0.2, 0.25) is 0 Å². The number of nitrogens with one attached hydrogen (secondary N) is 1. The average molecular weight is 240 g/mol. The van der Waals surface area contributed by atoms with Crippen LogP contribution in [0.25, 0.3) is 0 Å². The van der Waals surface area contributed by atoms with Crippen molar-refractivity contribution >= 4 is 0 Å². The molecule has 0 aromatic carbocycles. The summed E-state index contributed by atoms with van der Waals surface area (Å²) < 4.78 is 5.44. The first kappa shape index (κ1) is 13.3. The minimum Gasteiger partial charge on any atom is -0.381 e. The molecule has 0 aromatic rings. The van der Waals surface area contributed by atoms with Crippen molar-refractivity contribution in [2.75, 3.05) is 32.8 Å². The second-order valence-electron chi connectivity index (χ2n) is 5.90. The molecule has 2 aliphatic heterocycles. The second kappa shape index (κ2) is 6.72. The van der Waals surface area contributed by atoms with Crippen LogP contribution in [-0.4, -0.2) is 49.8 Å². The number of ether oxygens (including phenoxy) is 1. The van der Waals surface area contributed by atoms with E-state index in [9.17, 15) is 0 Å². The molecule has 1 atom stereocenters. The van der Waals surface area contributed by atoms with Crippen LogP contribution < -0.4 is 5.32 Å². The largest absolute Gasteiger partial charge is 0.381 e. The molecular formula is C14H28N2O. The fourth-order valence-corrected chi connectivity index (χ4v) is 2.95.